The number of carbonyl (C=O) groups excluding carboxylic acids is 1. The number of sulfonamides is 1. The van der Waals surface area contributed by atoms with E-state index in [2.05, 4.69) is 4.72 Å². The zero-order chi connectivity index (χ0) is 17.9. The fraction of sp³-hybridized carbons (Fsp3) is 0.562. The minimum absolute atomic E-state index is 0. The minimum Gasteiger partial charge on any atom is -0.341 e. The molecule has 0 saturated carbocycles. The molecule has 1 aromatic carbocycles. The zero-order valence-electron chi connectivity index (χ0n) is 14.3. The van der Waals surface area contributed by atoms with Gasteiger partial charge in [-0.1, -0.05) is 12.1 Å². The first-order valence-electron chi connectivity index (χ1n) is 8.03. The Labute approximate surface area is 154 Å². The number of nitrogens with two attached hydrogens (primary N) is 1. The summed E-state index contributed by atoms with van der Waals surface area (Å²) >= 11 is 0. The van der Waals surface area contributed by atoms with Gasteiger partial charge >= 0.3 is 0 Å². The van der Waals surface area contributed by atoms with Gasteiger partial charge in [-0.2, -0.15) is 4.72 Å². The van der Waals surface area contributed by atoms with Crippen LogP contribution in [-0.4, -0.2) is 44.4 Å². The van der Waals surface area contributed by atoms with E-state index in [1.807, 2.05) is 6.92 Å². The Kier molecular flexibility index (Phi) is 7.80. The van der Waals surface area contributed by atoms with E-state index in [4.69, 9.17) is 5.73 Å². The van der Waals surface area contributed by atoms with Gasteiger partial charge in [-0.3, -0.25) is 4.79 Å². The van der Waals surface area contributed by atoms with Crippen LogP contribution in [0.3, 0.4) is 0 Å². The summed E-state index contributed by atoms with van der Waals surface area (Å²) in [5, 5.41) is 0. The third kappa shape index (κ3) is 5.37. The lowest BCUT2D eigenvalue weighted by molar-refractivity contribution is -0.134. The van der Waals surface area contributed by atoms with Crippen LogP contribution in [0, 0.1) is 11.7 Å². The summed E-state index contributed by atoms with van der Waals surface area (Å²) in [4.78, 5) is 13.7. The molecule has 1 heterocycles. The Morgan fingerprint density at radius 3 is 2.60 bits per heavy atom. The highest BCUT2D eigenvalue weighted by atomic mass is 35.5. The van der Waals surface area contributed by atoms with Gasteiger partial charge in [0.1, 0.15) is 10.7 Å². The molecule has 25 heavy (non-hydrogen) atoms. The van der Waals surface area contributed by atoms with Gasteiger partial charge in [0.2, 0.25) is 15.9 Å². The monoisotopic (exact) mass is 393 g/mol. The molecule has 2 rings (SSSR count). The Morgan fingerprint density at radius 1 is 1.36 bits per heavy atom. The molecule has 0 spiro atoms. The van der Waals surface area contributed by atoms with Gasteiger partial charge in [0, 0.05) is 19.1 Å². The Bertz CT molecular complexity index is 700. The number of nitrogens with one attached hydrogen (secondary N) is 1. The number of hydrogen-bond acceptors (Lipinski definition) is 4. The van der Waals surface area contributed by atoms with Crippen molar-refractivity contribution in [2.45, 2.75) is 43.7 Å². The smallest absolute Gasteiger partial charge is 0.244 e. The van der Waals surface area contributed by atoms with Crippen LogP contribution in [0.15, 0.2) is 29.2 Å². The molecule has 1 aliphatic heterocycles. The first-order valence-corrected chi connectivity index (χ1v) is 9.52. The summed E-state index contributed by atoms with van der Waals surface area (Å²) in [6.07, 6.45) is 1.79. The third-order valence-electron chi connectivity index (χ3n) is 4.34. The van der Waals surface area contributed by atoms with Crippen LogP contribution in [0.25, 0.3) is 0 Å². The number of halogens is 2. The number of amides is 1. The highest BCUT2D eigenvalue weighted by molar-refractivity contribution is 7.89. The topological polar surface area (TPSA) is 92.5 Å². The van der Waals surface area contributed by atoms with E-state index < -0.39 is 26.8 Å². The van der Waals surface area contributed by atoms with Crippen molar-refractivity contribution >= 4 is 28.3 Å². The van der Waals surface area contributed by atoms with Crippen molar-refractivity contribution in [3.05, 3.63) is 30.1 Å². The Hall–Kier alpha value is -1.22. The van der Waals surface area contributed by atoms with Crippen molar-refractivity contribution in [3.63, 3.8) is 0 Å². The largest absolute Gasteiger partial charge is 0.341 e. The molecular formula is C16H25ClFN3O3S. The summed E-state index contributed by atoms with van der Waals surface area (Å²) in [6, 6.07) is 4.08. The Balaban J connectivity index is 0.00000312. The van der Waals surface area contributed by atoms with E-state index in [0.717, 1.165) is 18.9 Å². The fourth-order valence-corrected chi connectivity index (χ4v) is 4.20. The van der Waals surface area contributed by atoms with Crippen molar-refractivity contribution in [2.24, 2.45) is 11.7 Å². The molecule has 9 heteroatoms. The van der Waals surface area contributed by atoms with Crippen molar-refractivity contribution in [2.75, 3.05) is 13.1 Å². The van der Waals surface area contributed by atoms with Gasteiger partial charge in [-0.05, 0) is 44.7 Å². The number of piperidine rings is 1. The lowest BCUT2D eigenvalue weighted by Crippen LogP contribution is -2.51. The first kappa shape index (κ1) is 21.8. The Morgan fingerprint density at radius 2 is 2.00 bits per heavy atom. The molecule has 0 aromatic heterocycles. The van der Waals surface area contributed by atoms with Gasteiger partial charge in [-0.15, -0.1) is 12.4 Å². The van der Waals surface area contributed by atoms with Crippen LogP contribution in [0.1, 0.15) is 26.7 Å². The summed E-state index contributed by atoms with van der Waals surface area (Å²) in [5.41, 5.74) is 5.91. The van der Waals surface area contributed by atoms with Crippen molar-refractivity contribution < 1.29 is 17.6 Å². The quantitative estimate of drug-likeness (QED) is 0.792. The number of likely N-dealkylation sites (tertiary alicyclic amines) is 1. The fourth-order valence-electron chi connectivity index (χ4n) is 2.92. The summed E-state index contributed by atoms with van der Waals surface area (Å²) in [6.45, 7) is 4.47. The van der Waals surface area contributed by atoms with Crippen LogP contribution in [0.2, 0.25) is 0 Å². The molecule has 3 atom stereocenters. The van der Waals surface area contributed by atoms with Gasteiger partial charge in [0.15, 0.2) is 0 Å². The van der Waals surface area contributed by atoms with Gasteiger partial charge in [0.25, 0.3) is 0 Å². The lowest BCUT2D eigenvalue weighted by Gasteiger charge is -2.36. The van der Waals surface area contributed by atoms with Crippen LogP contribution in [0.5, 0.6) is 0 Å². The van der Waals surface area contributed by atoms with Crippen molar-refractivity contribution in [1.82, 2.24) is 9.62 Å². The average Bonchev–Trinajstić information content (AvgIpc) is 2.54. The van der Waals surface area contributed by atoms with Gasteiger partial charge in [-0.25, -0.2) is 12.8 Å². The molecular weight excluding hydrogens is 369 g/mol. The molecule has 1 aliphatic rings. The molecule has 1 aromatic rings. The maximum Gasteiger partial charge on any atom is 0.244 e. The minimum atomic E-state index is -4.10. The number of nitrogens with zero attached hydrogens (tertiary/aromatic N) is 1. The van der Waals surface area contributed by atoms with E-state index in [0.29, 0.717) is 13.1 Å². The molecule has 1 fully saturated rings. The average molecular weight is 394 g/mol. The maximum atomic E-state index is 13.7. The normalized spacial score (nSPS) is 20.5. The van der Waals surface area contributed by atoms with E-state index in [-0.39, 0.29) is 30.3 Å². The van der Waals surface area contributed by atoms with Crippen LogP contribution < -0.4 is 10.5 Å². The number of hydrogen-bond donors (Lipinski definition) is 2. The van der Waals surface area contributed by atoms with Gasteiger partial charge < -0.3 is 10.6 Å². The van der Waals surface area contributed by atoms with E-state index in [1.165, 1.54) is 25.1 Å². The standard InChI is InChI=1S/C16H24FN3O3S.ClH/c1-11(18)13-6-5-9-20(10-13)16(21)12(2)19-24(22,23)15-8-4-3-7-14(15)17;/h3-4,7-8,11-13,19H,5-6,9-10,18H2,1-2H3;1H. The zero-order valence-corrected chi connectivity index (χ0v) is 15.9. The predicted molar refractivity (Wildman–Crippen MR) is 96.4 cm³/mol. The van der Waals surface area contributed by atoms with Crippen molar-refractivity contribution in [1.29, 1.82) is 0 Å². The molecule has 0 bridgehead atoms. The summed E-state index contributed by atoms with van der Waals surface area (Å²) in [5.74, 6) is -0.960. The second kappa shape index (κ2) is 8.93. The molecule has 0 radical (unpaired) electrons. The van der Waals surface area contributed by atoms with E-state index in [9.17, 15) is 17.6 Å². The summed E-state index contributed by atoms with van der Waals surface area (Å²) in [7, 11) is -4.10. The number of rotatable bonds is 5. The van der Waals surface area contributed by atoms with Crippen LogP contribution in [-0.2, 0) is 14.8 Å². The number of carbonyl (C=O) groups is 1. The molecule has 1 amide bonds. The van der Waals surface area contributed by atoms with E-state index in [1.54, 1.807) is 4.90 Å². The van der Waals surface area contributed by atoms with Crippen LogP contribution in [0.4, 0.5) is 4.39 Å². The van der Waals surface area contributed by atoms with E-state index >= 15 is 0 Å². The number of benzene rings is 1. The first-order chi connectivity index (χ1) is 11.2. The SMILES string of the molecule is CC(NS(=O)(=O)c1ccccc1F)C(=O)N1CCCC(C(C)N)C1.Cl. The van der Waals surface area contributed by atoms with Crippen molar-refractivity contribution in [3.8, 4) is 0 Å². The summed E-state index contributed by atoms with van der Waals surface area (Å²) < 4.78 is 40.5. The molecule has 142 valence electrons. The maximum absolute atomic E-state index is 13.7. The van der Waals surface area contributed by atoms with Gasteiger partial charge in [0.05, 0.1) is 6.04 Å². The molecule has 3 unspecified atom stereocenters. The molecule has 3 N–H and O–H groups in total. The lowest BCUT2D eigenvalue weighted by atomic mass is 9.92. The predicted octanol–water partition coefficient (Wildman–Crippen LogP) is 1.50. The molecule has 6 nitrogen and oxygen atoms in total. The highest BCUT2D eigenvalue weighted by Gasteiger charge is 2.31. The molecule has 1 saturated heterocycles. The second-order valence-corrected chi connectivity index (χ2v) is 8.00. The van der Waals surface area contributed by atoms with Crippen LogP contribution >= 0.6 is 12.4 Å². The second-order valence-electron chi connectivity index (χ2n) is 6.32. The third-order valence-corrected chi connectivity index (χ3v) is 5.92. The molecule has 0 aliphatic carbocycles. The highest BCUT2D eigenvalue weighted by Crippen LogP contribution is 2.20.